The number of hydrogen-bond acceptors (Lipinski definition) is 3. The molecule has 290 valence electrons. The summed E-state index contributed by atoms with van der Waals surface area (Å²) in [7, 11) is 0. The molecule has 0 fully saturated rings. The Balaban J connectivity index is 0. The molecule has 0 atom stereocenters. The third-order valence-corrected chi connectivity index (χ3v) is 9.68. The molecular formula is C45H86O4. The molecule has 0 heterocycles. The van der Waals surface area contributed by atoms with Gasteiger partial charge in [0.1, 0.15) is 0 Å². The van der Waals surface area contributed by atoms with E-state index in [4.69, 9.17) is 9.84 Å². The van der Waals surface area contributed by atoms with Gasteiger partial charge in [0.25, 0.3) is 0 Å². The molecule has 0 radical (unpaired) electrons. The number of carbonyl (C=O) groups is 2. The highest BCUT2D eigenvalue weighted by atomic mass is 16.5. The number of carbonyl (C=O) groups excluding carboxylic acids is 1. The molecule has 0 aromatic heterocycles. The Kier molecular flexibility index (Phi) is 43.0. The Labute approximate surface area is 307 Å². The van der Waals surface area contributed by atoms with Gasteiger partial charge in [-0.2, -0.15) is 0 Å². The number of esters is 1. The second-order valence-corrected chi connectivity index (χ2v) is 14.9. The first kappa shape index (κ1) is 49.5. The van der Waals surface area contributed by atoms with E-state index in [9.17, 15) is 9.59 Å². The van der Waals surface area contributed by atoms with E-state index < -0.39 is 5.97 Å². The van der Waals surface area contributed by atoms with Gasteiger partial charge in [0.05, 0.1) is 6.61 Å². The van der Waals surface area contributed by atoms with E-state index >= 15 is 0 Å². The second kappa shape index (κ2) is 42.6. The quantitative estimate of drug-likeness (QED) is 0.0400. The van der Waals surface area contributed by atoms with E-state index in [1.807, 2.05) is 6.08 Å². The lowest BCUT2D eigenvalue weighted by Crippen LogP contribution is -2.05. The number of carboxylic acids is 1. The number of unbranched alkanes of at least 4 members (excludes halogenated alkanes) is 32. The van der Waals surface area contributed by atoms with Crippen molar-refractivity contribution in [1.29, 1.82) is 0 Å². The van der Waals surface area contributed by atoms with Crippen molar-refractivity contribution in [2.45, 2.75) is 246 Å². The maximum absolute atomic E-state index is 11.2. The van der Waals surface area contributed by atoms with Gasteiger partial charge in [0.2, 0.25) is 0 Å². The van der Waals surface area contributed by atoms with Crippen molar-refractivity contribution in [3.05, 3.63) is 23.8 Å². The van der Waals surface area contributed by atoms with Gasteiger partial charge in [-0.05, 0) is 33.1 Å². The molecule has 0 bridgehead atoms. The number of allylic oxidation sites excluding steroid dienone is 1. The van der Waals surface area contributed by atoms with Gasteiger partial charge >= 0.3 is 11.9 Å². The lowest BCUT2D eigenvalue weighted by molar-refractivity contribution is -0.139. The average Bonchev–Trinajstić information content (AvgIpc) is 3.09. The molecule has 0 saturated carbocycles. The predicted octanol–water partition coefficient (Wildman–Crippen LogP) is 15.4. The first-order chi connectivity index (χ1) is 23.9. The van der Waals surface area contributed by atoms with Crippen molar-refractivity contribution in [3.63, 3.8) is 0 Å². The molecule has 0 saturated heterocycles. The Morgan fingerprint density at radius 2 is 0.735 bits per heavy atom. The lowest BCUT2D eigenvalue weighted by Gasteiger charge is -2.05. The molecule has 0 aliphatic heterocycles. The van der Waals surface area contributed by atoms with Crippen LogP contribution in [-0.4, -0.2) is 23.7 Å². The van der Waals surface area contributed by atoms with E-state index in [2.05, 4.69) is 20.4 Å². The standard InChI is InChI=1S/C23H44O2.C22H42O2/c1-4-5-6-7-8-9-10-11-12-13-14-15-16-17-18-19-20-21-25-23(24)22(2)3;1-3-4-5-6-7-8-9-10-11-12-13-14-15-16-17-18-19-20-21(2)22(23)24/h2,4-21H2,1,3H3;20H,3-19H2,1-2H3,(H,23,24). The smallest absolute Gasteiger partial charge is 0.333 e. The number of ether oxygens (including phenoxy) is 1. The van der Waals surface area contributed by atoms with Crippen molar-refractivity contribution in [2.24, 2.45) is 0 Å². The van der Waals surface area contributed by atoms with Gasteiger partial charge in [-0.3, -0.25) is 0 Å². The Morgan fingerprint density at radius 3 is 1.00 bits per heavy atom. The summed E-state index contributed by atoms with van der Waals surface area (Å²) in [5.41, 5.74) is 0.975. The zero-order chi connectivity index (χ0) is 36.5. The summed E-state index contributed by atoms with van der Waals surface area (Å²) in [5.74, 6) is -1.04. The topological polar surface area (TPSA) is 63.6 Å². The van der Waals surface area contributed by atoms with Gasteiger partial charge < -0.3 is 9.84 Å². The highest BCUT2D eigenvalue weighted by molar-refractivity contribution is 5.87. The van der Waals surface area contributed by atoms with Crippen LogP contribution in [0.1, 0.15) is 246 Å². The molecule has 1 N–H and O–H groups in total. The summed E-state index contributed by atoms with van der Waals surface area (Å²) in [4.78, 5) is 21.8. The van der Waals surface area contributed by atoms with Crippen LogP contribution in [0.15, 0.2) is 23.8 Å². The first-order valence-corrected chi connectivity index (χ1v) is 21.6. The molecule has 4 nitrogen and oxygen atoms in total. The van der Waals surface area contributed by atoms with Crippen LogP contribution in [0.5, 0.6) is 0 Å². The normalized spacial score (nSPS) is 11.3. The fourth-order valence-corrected chi connectivity index (χ4v) is 6.21. The van der Waals surface area contributed by atoms with E-state index in [0.29, 0.717) is 17.8 Å². The van der Waals surface area contributed by atoms with E-state index in [1.54, 1.807) is 13.8 Å². The third-order valence-electron chi connectivity index (χ3n) is 9.68. The minimum absolute atomic E-state index is 0.253. The van der Waals surface area contributed by atoms with Crippen molar-refractivity contribution in [3.8, 4) is 0 Å². The van der Waals surface area contributed by atoms with E-state index in [0.717, 1.165) is 19.3 Å². The highest BCUT2D eigenvalue weighted by Gasteiger charge is 2.02. The van der Waals surface area contributed by atoms with Crippen LogP contribution in [0, 0.1) is 0 Å². The fraction of sp³-hybridized carbons (Fsp3) is 0.867. The van der Waals surface area contributed by atoms with Crippen LogP contribution in [0.2, 0.25) is 0 Å². The van der Waals surface area contributed by atoms with Crippen LogP contribution < -0.4 is 0 Å². The van der Waals surface area contributed by atoms with Gasteiger partial charge in [0, 0.05) is 11.1 Å². The maximum Gasteiger partial charge on any atom is 0.333 e. The molecule has 0 aromatic rings. The zero-order valence-electron chi connectivity index (χ0n) is 33.7. The fourth-order valence-electron chi connectivity index (χ4n) is 6.21. The Hall–Kier alpha value is -1.58. The molecule has 0 rings (SSSR count). The summed E-state index contributed by atoms with van der Waals surface area (Å²) in [5, 5.41) is 8.75. The summed E-state index contributed by atoms with van der Waals surface area (Å²) < 4.78 is 5.09. The van der Waals surface area contributed by atoms with Crippen LogP contribution in [0.4, 0.5) is 0 Å². The summed E-state index contributed by atoms with van der Waals surface area (Å²) in [6.45, 7) is 12.1. The highest BCUT2D eigenvalue weighted by Crippen LogP contribution is 2.16. The van der Waals surface area contributed by atoms with Gasteiger partial charge in [-0.25, -0.2) is 9.59 Å². The summed E-state index contributed by atoms with van der Waals surface area (Å²) in [6.07, 6.45) is 48.0. The number of hydrogen-bond donors (Lipinski definition) is 1. The average molecular weight is 691 g/mol. The third kappa shape index (κ3) is 44.4. The second-order valence-electron chi connectivity index (χ2n) is 14.9. The Morgan fingerprint density at radius 1 is 0.469 bits per heavy atom. The largest absolute Gasteiger partial charge is 0.478 e. The van der Waals surface area contributed by atoms with Crippen molar-refractivity contribution >= 4 is 11.9 Å². The van der Waals surface area contributed by atoms with Gasteiger partial charge in [-0.1, -0.05) is 226 Å². The molecule has 4 heteroatoms. The van der Waals surface area contributed by atoms with Gasteiger partial charge in [0.15, 0.2) is 0 Å². The van der Waals surface area contributed by atoms with Crippen molar-refractivity contribution in [1.82, 2.24) is 0 Å². The van der Waals surface area contributed by atoms with Crippen LogP contribution >= 0.6 is 0 Å². The molecule has 0 unspecified atom stereocenters. The molecular weight excluding hydrogens is 604 g/mol. The molecule has 0 aliphatic carbocycles. The Bertz CT molecular complexity index is 740. The van der Waals surface area contributed by atoms with Crippen LogP contribution in [0.25, 0.3) is 0 Å². The molecule has 0 amide bonds. The van der Waals surface area contributed by atoms with E-state index in [-0.39, 0.29) is 5.97 Å². The zero-order valence-corrected chi connectivity index (χ0v) is 33.7. The SMILES string of the molecule is C=C(C)C(=O)OCCCCCCCCCCCCCCCCCCC.CCCCCCCCCCCCCCCCCCC=C(C)C(=O)O. The van der Waals surface area contributed by atoms with E-state index in [1.165, 1.54) is 199 Å². The molecule has 0 spiro atoms. The maximum atomic E-state index is 11.2. The lowest BCUT2D eigenvalue weighted by atomic mass is 10.0. The molecule has 0 aromatic carbocycles. The number of carboxylic acid groups (broad SMARTS) is 1. The minimum Gasteiger partial charge on any atom is -0.478 e. The summed E-state index contributed by atoms with van der Waals surface area (Å²) >= 11 is 0. The molecule has 49 heavy (non-hydrogen) atoms. The number of rotatable bonds is 37. The first-order valence-electron chi connectivity index (χ1n) is 21.6. The summed E-state index contributed by atoms with van der Waals surface area (Å²) in [6, 6.07) is 0. The van der Waals surface area contributed by atoms with Crippen LogP contribution in [0.3, 0.4) is 0 Å². The minimum atomic E-state index is -0.786. The monoisotopic (exact) mass is 691 g/mol. The number of aliphatic carboxylic acids is 1. The van der Waals surface area contributed by atoms with Gasteiger partial charge in [-0.15, -0.1) is 0 Å². The molecule has 0 aliphatic rings. The van der Waals surface area contributed by atoms with Crippen LogP contribution in [-0.2, 0) is 14.3 Å². The predicted molar refractivity (Wildman–Crippen MR) is 215 cm³/mol. The van der Waals surface area contributed by atoms with Crippen molar-refractivity contribution in [2.75, 3.05) is 6.61 Å². The van der Waals surface area contributed by atoms with Crippen molar-refractivity contribution < 1.29 is 19.4 Å².